The van der Waals surface area contributed by atoms with Crippen LogP contribution >= 0.6 is 0 Å². The van der Waals surface area contributed by atoms with Crippen LogP contribution in [0.4, 0.5) is 4.39 Å². The summed E-state index contributed by atoms with van der Waals surface area (Å²) >= 11 is 0. The van der Waals surface area contributed by atoms with Gasteiger partial charge in [0.2, 0.25) is 0 Å². The van der Waals surface area contributed by atoms with Crippen molar-refractivity contribution >= 4 is 11.9 Å². The zero-order valence-corrected chi connectivity index (χ0v) is 18.4. The van der Waals surface area contributed by atoms with Gasteiger partial charge in [0.15, 0.2) is 0 Å². The van der Waals surface area contributed by atoms with Crippen molar-refractivity contribution in [1.29, 1.82) is 0 Å². The summed E-state index contributed by atoms with van der Waals surface area (Å²) in [6, 6.07) is 18.1. The molecule has 3 aromatic carbocycles. The molecule has 0 heterocycles. The molecule has 0 saturated heterocycles. The Morgan fingerprint density at radius 3 is 2.18 bits per heavy atom. The van der Waals surface area contributed by atoms with E-state index >= 15 is 0 Å². The van der Waals surface area contributed by atoms with Crippen LogP contribution in [0.25, 0.3) is 0 Å². The number of amides is 1. The normalized spacial score (nSPS) is 10.4. The van der Waals surface area contributed by atoms with Gasteiger partial charge in [-0.25, -0.2) is 4.39 Å². The number of halogens is 1. The Labute approximate surface area is 191 Å². The Morgan fingerprint density at radius 1 is 0.879 bits per heavy atom. The second-order valence-electron chi connectivity index (χ2n) is 7.09. The van der Waals surface area contributed by atoms with Crippen LogP contribution in [0, 0.1) is 5.82 Å². The van der Waals surface area contributed by atoms with Crippen LogP contribution in [0.15, 0.2) is 66.7 Å². The van der Waals surface area contributed by atoms with E-state index in [0.29, 0.717) is 35.9 Å². The molecule has 0 fully saturated rings. The Kier molecular flexibility index (Phi) is 8.37. The average Bonchev–Trinajstić information content (AvgIpc) is 2.84. The lowest BCUT2D eigenvalue weighted by molar-refractivity contribution is -0.139. The summed E-state index contributed by atoms with van der Waals surface area (Å²) in [4.78, 5) is 23.9. The molecule has 8 heteroatoms. The average molecular weight is 452 g/mol. The third-order valence-electron chi connectivity index (χ3n) is 4.78. The molecule has 0 radical (unpaired) electrons. The van der Waals surface area contributed by atoms with Gasteiger partial charge in [-0.2, -0.15) is 0 Å². The minimum atomic E-state index is -0.378. The summed E-state index contributed by atoms with van der Waals surface area (Å²) in [7, 11) is 2.87. The molecule has 33 heavy (non-hydrogen) atoms. The van der Waals surface area contributed by atoms with E-state index in [-0.39, 0.29) is 24.2 Å². The lowest BCUT2D eigenvalue weighted by atomic mass is 10.1. The fourth-order valence-corrected chi connectivity index (χ4v) is 3.03. The molecular formula is C25H25FN2O5. The summed E-state index contributed by atoms with van der Waals surface area (Å²) in [5, 5.41) is 5.84. The molecule has 3 aromatic rings. The number of nitrogens with one attached hydrogen (secondary N) is 2. The number of methoxy groups -OCH3 is 2. The first-order valence-electron chi connectivity index (χ1n) is 10.2. The van der Waals surface area contributed by atoms with Crippen molar-refractivity contribution in [2.75, 3.05) is 20.8 Å². The van der Waals surface area contributed by atoms with E-state index in [4.69, 9.17) is 9.47 Å². The van der Waals surface area contributed by atoms with Gasteiger partial charge >= 0.3 is 5.97 Å². The van der Waals surface area contributed by atoms with Crippen molar-refractivity contribution in [3.05, 3.63) is 89.2 Å². The molecular weight excluding hydrogens is 427 g/mol. The highest BCUT2D eigenvalue weighted by Gasteiger charge is 2.11. The highest BCUT2D eigenvalue weighted by atomic mass is 19.1. The van der Waals surface area contributed by atoms with Crippen molar-refractivity contribution in [2.45, 2.75) is 13.1 Å². The first kappa shape index (κ1) is 23.7. The number of carbonyl (C=O) groups is 2. The van der Waals surface area contributed by atoms with Gasteiger partial charge in [-0.3, -0.25) is 9.59 Å². The largest absolute Gasteiger partial charge is 0.496 e. The first-order valence-corrected chi connectivity index (χ1v) is 10.2. The van der Waals surface area contributed by atoms with Crippen molar-refractivity contribution in [3.8, 4) is 17.2 Å². The van der Waals surface area contributed by atoms with E-state index in [2.05, 4.69) is 15.4 Å². The van der Waals surface area contributed by atoms with Gasteiger partial charge in [0.05, 0.1) is 20.8 Å². The second-order valence-corrected chi connectivity index (χ2v) is 7.09. The van der Waals surface area contributed by atoms with E-state index in [1.54, 1.807) is 49.6 Å². The lowest BCUT2D eigenvalue weighted by Crippen LogP contribution is -2.25. The maximum Gasteiger partial charge on any atom is 0.319 e. The standard InChI is InChI=1S/C25H25FN2O5/c1-31-23-12-5-18(13-19(23)15-27-16-24(29)32-2)25(30)28-14-17-3-8-21(9-4-17)33-22-10-6-20(26)7-11-22/h3-13,27H,14-16H2,1-2H3,(H,28,30). The summed E-state index contributed by atoms with van der Waals surface area (Å²) in [5.41, 5.74) is 2.11. The van der Waals surface area contributed by atoms with Gasteiger partial charge in [0.1, 0.15) is 23.1 Å². The summed E-state index contributed by atoms with van der Waals surface area (Å²) in [6.07, 6.45) is 0. The molecule has 1 amide bonds. The highest BCUT2D eigenvalue weighted by molar-refractivity contribution is 5.94. The molecule has 7 nitrogen and oxygen atoms in total. The zero-order valence-electron chi connectivity index (χ0n) is 18.4. The minimum absolute atomic E-state index is 0.0525. The number of rotatable bonds is 10. The topological polar surface area (TPSA) is 85.9 Å². The van der Waals surface area contributed by atoms with Gasteiger partial charge in [-0.05, 0) is 60.2 Å². The SMILES string of the molecule is COC(=O)CNCc1cc(C(=O)NCc2ccc(Oc3ccc(F)cc3)cc2)ccc1OC. The molecule has 0 aliphatic carbocycles. The molecule has 0 aliphatic heterocycles. The fraction of sp³-hybridized carbons (Fsp3) is 0.200. The number of hydrogen-bond donors (Lipinski definition) is 2. The molecule has 0 bridgehead atoms. The predicted octanol–water partition coefficient (Wildman–Crippen LogP) is 3.82. The van der Waals surface area contributed by atoms with Crippen molar-refractivity contribution in [3.63, 3.8) is 0 Å². The van der Waals surface area contributed by atoms with E-state index in [0.717, 1.165) is 11.1 Å². The lowest BCUT2D eigenvalue weighted by Gasteiger charge is -2.12. The van der Waals surface area contributed by atoms with Crippen LogP contribution in [0.1, 0.15) is 21.5 Å². The van der Waals surface area contributed by atoms with Crippen molar-refractivity contribution in [2.24, 2.45) is 0 Å². The van der Waals surface area contributed by atoms with E-state index < -0.39 is 0 Å². The Balaban J connectivity index is 1.56. The maximum atomic E-state index is 13.0. The third-order valence-corrected chi connectivity index (χ3v) is 4.78. The first-order chi connectivity index (χ1) is 16.0. The number of ether oxygens (including phenoxy) is 3. The van der Waals surface area contributed by atoms with Gasteiger partial charge in [0.25, 0.3) is 5.91 Å². The Bertz CT molecular complexity index is 1080. The van der Waals surface area contributed by atoms with Gasteiger partial charge in [-0.1, -0.05) is 12.1 Å². The number of hydrogen-bond acceptors (Lipinski definition) is 6. The van der Waals surface area contributed by atoms with Crippen LogP contribution in [-0.4, -0.2) is 32.6 Å². The zero-order chi connectivity index (χ0) is 23.6. The third kappa shape index (κ3) is 7.05. The van der Waals surface area contributed by atoms with E-state index in [1.165, 1.54) is 19.2 Å². The van der Waals surface area contributed by atoms with Crippen LogP contribution < -0.4 is 20.1 Å². The van der Waals surface area contributed by atoms with Crippen LogP contribution in [0.2, 0.25) is 0 Å². The number of esters is 1. The molecule has 0 aromatic heterocycles. The Hall–Kier alpha value is -3.91. The van der Waals surface area contributed by atoms with E-state index in [1.807, 2.05) is 12.1 Å². The van der Waals surface area contributed by atoms with Gasteiger partial charge in [0, 0.05) is 24.2 Å². The summed E-state index contributed by atoms with van der Waals surface area (Å²) in [6.45, 7) is 0.726. The minimum Gasteiger partial charge on any atom is -0.496 e. The summed E-state index contributed by atoms with van der Waals surface area (Å²) < 4.78 is 28.6. The molecule has 0 spiro atoms. The number of benzene rings is 3. The molecule has 2 N–H and O–H groups in total. The van der Waals surface area contributed by atoms with E-state index in [9.17, 15) is 14.0 Å². The highest BCUT2D eigenvalue weighted by Crippen LogP contribution is 2.22. The fourth-order valence-electron chi connectivity index (χ4n) is 3.03. The molecule has 0 saturated carbocycles. The molecule has 0 atom stereocenters. The quantitative estimate of drug-likeness (QED) is 0.455. The second kappa shape index (κ2) is 11.6. The molecule has 0 aliphatic rings. The van der Waals surface area contributed by atoms with Gasteiger partial charge < -0.3 is 24.8 Å². The van der Waals surface area contributed by atoms with Crippen molar-refractivity contribution < 1.29 is 28.2 Å². The van der Waals surface area contributed by atoms with Gasteiger partial charge in [-0.15, -0.1) is 0 Å². The molecule has 172 valence electrons. The van der Waals surface area contributed by atoms with Crippen LogP contribution in [-0.2, 0) is 22.6 Å². The maximum absolute atomic E-state index is 13.0. The smallest absolute Gasteiger partial charge is 0.319 e. The predicted molar refractivity (Wildman–Crippen MR) is 121 cm³/mol. The van der Waals surface area contributed by atoms with Crippen molar-refractivity contribution in [1.82, 2.24) is 10.6 Å². The number of carbonyl (C=O) groups excluding carboxylic acids is 2. The summed E-state index contributed by atoms with van der Waals surface area (Å²) in [5.74, 6) is 0.816. The molecule has 0 unspecified atom stereocenters. The Morgan fingerprint density at radius 2 is 1.55 bits per heavy atom. The van der Waals surface area contributed by atoms with Crippen LogP contribution in [0.3, 0.4) is 0 Å². The van der Waals surface area contributed by atoms with Crippen LogP contribution in [0.5, 0.6) is 17.2 Å². The monoisotopic (exact) mass is 452 g/mol. The molecule has 3 rings (SSSR count).